The standard InChI is InChI=1S/C19H12F4N6O/c20-14-3-1-10(6-25-14)18(30)28-15-9-29-8-11(2-4-16(29)27-15)12-5-13(19(21,22)23)17(24)26-7-12/h1-9H,(H2,24,26)(H,28,30). The number of hydrogen-bond donors (Lipinski definition) is 2. The molecule has 4 aromatic rings. The number of aromatic nitrogens is 4. The van der Waals surface area contributed by atoms with Crippen LogP contribution < -0.4 is 11.1 Å². The van der Waals surface area contributed by atoms with E-state index in [1.165, 1.54) is 22.9 Å². The number of carbonyl (C=O) groups is 1. The van der Waals surface area contributed by atoms with Crippen LogP contribution in [0.2, 0.25) is 0 Å². The van der Waals surface area contributed by atoms with E-state index in [-0.39, 0.29) is 16.9 Å². The molecule has 0 fully saturated rings. The molecular formula is C19H12F4N6O. The molecule has 4 rings (SSSR count). The van der Waals surface area contributed by atoms with Gasteiger partial charge in [-0.3, -0.25) is 4.79 Å². The summed E-state index contributed by atoms with van der Waals surface area (Å²) in [7, 11) is 0. The fourth-order valence-electron chi connectivity index (χ4n) is 2.78. The van der Waals surface area contributed by atoms with Crippen LogP contribution in [0.4, 0.5) is 29.2 Å². The highest BCUT2D eigenvalue weighted by Gasteiger charge is 2.34. The molecule has 0 aliphatic heterocycles. The van der Waals surface area contributed by atoms with E-state index in [0.717, 1.165) is 18.3 Å². The van der Waals surface area contributed by atoms with E-state index in [2.05, 4.69) is 20.3 Å². The Morgan fingerprint density at radius 1 is 1.03 bits per heavy atom. The zero-order valence-electron chi connectivity index (χ0n) is 15.0. The van der Waals surface area contributed by atoms with Crippen molar-refractivity contribution in [3.63, 3.8) is 0 Å². The number of halogens is 4. The highest BCUT2D eigenvalue weighted by Crippen LogP contribution is 2.35. The third-order valence-electron chi connectivity index (χ3n) is 4.24. The largest absolute Gasteiger partial charge is 0.419 e. The van der Waals surface area contributed by atoms with Crippen LogP contribution in [-0.4, -0.2) is 25.3 Å². The number of anilines is 2. The molecule has 0 spiro atoms. The molecule has 7 nitrogen and oxygen atoms in total. The van der Waals surface area contributed by atoms with Gasteiger partial charge in [0, 0.05) is 29.7 Å². The number of nitrogens with two attached hydrogens (primary N) is 1. The lowest BCUT2D eigenvalue weighted by Crippen LogP contribution is -2.12. The van der Waals surface area contributed by atoms with Crippen molar-refractivity contribution in [2.75, 3.05) is 11.1 Å². The number of carbonyl (C=O) groups excluding carboxylic acids is 1. The molecule has 1 amide bonds. The van der Waals surface area contributed by atoms with Crippen LogP contribution in [0.1, 0.15) is 15.9 Å². The Morgan fingerprint density at radius 2 is 1.83 bits per heavy atom. The SMILES string of the molecule is Nc1ncc(-c2ccc3nc(NC(=O)c4ccc(F)nc4)cn3c2)cc1C(F)(F)F. The molecule has 3 N–H and O–H groups in total. The number of fused-ring (bicyclic) bond motifs is 1. The number of nitrogens with one attached hydrogen (secondary N) is 1. The molecule has 30 heavy (non-hydrogen) atoms. The number of hydrogen-bond acceptors (Lipinski definition) is 5. The minimum atomic E-state index is -4.63. The van der Waals surface area contributed by atoms with Gasteiger partial charge in [0.2, 0.25) is 5.95 Å². The first kappa shape index (κ1) is 19.3. The Balaban J connectivity index is 1.63. The van der Waals surface area contributed by atoms with Crippen molar-refractivity contribution in [1.82, 2.24) is 19.4 Å². The van der Waals surface area contributed by atoms with Crippen LogP contribution in [-0.2, 0) is 6.18 Å². The van der Waals surface area contributed by atoms with Gasteiger partial charge in [-0.2, -0.15) is 17.6 Å². The average Bonchev–Trinajstić information content (AvgIpc) is 3.09. The number of amides is 1. The summed E-state index contributed by atoms with van der Waals surface area (Å²) >= 11 is 0. The number of pyridine rings is 3. The van der Waals surface area contributed by atoms with Crippen molar-refractivity contribution in [3.8, 4) is 11.1 Å². The van der Waals surface area contributed by atoms with Gasteiger partial charge in [-0.15, -0.1) is 0 Å². The Hall–Kier alpha value is -4.02. The number of nitrogens with zero attached hydrogens (tertiary/aromatic N) is 4. The van der Waals surface area contributed by atoms with Crippen molar-refractivity contribution >= 4 is 23.2 Å². The zero-order chi connectivity index (χ0) is 21.5. The van der Waals surface area contributed by atoms with E-state index in [0.29, 0.717) is 11.2 Å². The van der Waals surface area contributed by atoms with Gasteiger partial charge in [-0.1, -0.05) is 0 Å². The monoisotopic (exact) mass is 416 g/mol. The number of alkyl halides is 3. The summed E-state index contributed by atoms with van der Waals surface area (Å²) in [6.07, 6.45) is 0.741. The first-order valence-corrected chi connectivity index (χ1v) is 8.45. The Kier molecular flexibility index (Phi) is 4.57. The predicted octanol–water partition coefficient (Wildman–Crippen LogP) is 3.78. The molecule has 4 heterocycles. The van der Waals surface area contributed by atoms with Gasteiger partial charge in [0.15, 0.2) is 5.82 Å². The van der Waals surface area contributed by atoms with E-state index in [9.17, 15) is 22.4 Å². The van der Waals surface area contributed by atoms with Crippen LogP contribution in [0, 0.1) is 5.95 Å². The minimum absolute atomic E-state index is 0.141. The average molecular weight is 416 g/mol. The third-order valence-corrected chi connectivity index (χ3v) is 4.24. The Bertz CT molecular complexity index is 1250. The lowest BCUT2D eigenvalue weighted by Gasteiger charge is -2.11. The maximum absolute atomic E-state index is 13.1. The first-order chi connectivity index (χ1) is 14.2. The molecule has 4 aromatic heterocycles. The lowest BCUT2D eigenvalue weighted by molar-refractivity contribution is -0.137. The number of imidazole rings is 1. The third kappa shape index (κ3) is 3.77. The van der Waals surface area contributed by atoms with Gasteiger partial charge in [0.1, 0.15) is 11.5 Å². The van der Waals surface area contributed by atoms with Crippen LogP contribution in [0.15, 0.2) is 55.1 Å². The smallest absolute Gasteiger partial charge is 0.383 e. The highest BCUT2D eigenvalue weighted by atomic mass is 19.4. The van der Waals surface area contributed by atoms with Crippen molar-refractivity contribution in [1.29, 1.82) is 0 Å². The zero-order valence-corrected chi connectivity index (χ0v) is 15.0. The molecule has 0 aliphatic carbocycles. The second-order valence-corrected chi connectivity index (χ2v) is 6.29. The van der Waals surface area contributed by atoms with Crippen molar-refractivity contribution in [2.45, 2.75) is 6.18 Å². The minimum Gasteiger partial charge on any atom is -0.383 e. The maximum Gasteiger partial charge on any atom is 0.419 e. The van der Waals surface area contributed by atoms with Gasteiger partial charge in [-0.25, -0.2) is 15.0 Å². The molecule has 0 unspecified atom stereocenters. The second-order valence-electron chi connectivity index (χ2n) is 6.29. The molecule has 11 heteroatoms. The number of nitrogen functional groups attached to an aromatic ring is 1. The Morgan fingerprint density at radius 3 is 2.53 bits per heavy atom. The molecule has 0 saturated carbocycles. The normalized spacial score (nSPS) is 11.6. The van der Waals surface area contributed by atoms with Gasteiger partial charge < -0.3 is 15.5 Å². The molecular weight excluding hydrogens is 404 g/mol. The van der Waals surface area contributed by atoms with Crippen LogP contribution >= 0.6 is 0 Å². The molecule has 0 bridgehead atoms. The lowest BCUT2D eigenvalue weighted by atomic mass is 10.1. The first-order valence-electron chi connectivity index (χ1n) is 8.45. The topological polar surface area (TPSA) is 98.2 Å². The second kappa shape index (κ2) is 7.10. The van der Waals surface area contributed by atoms with Crippen LogP contribution in [0.5, 0.6) is 0 Å². The summed E-state index contributed by atoms with van der Waals surface area (Å²) in [6, 6.07) is 6.41. The summed E-state index contributed by atoms with van der Waals surface area (Å²) in [5.41, 5.74) is 5.57. The highest BCUT2D eigenvalue weighted by molar-refractivity contribution is 6.03. The van der Waals surface area contributed by atoms with E-state index >= 15 is 0 Å². The fraction of sp³-hybridized carbons (Fsp3) is 0.0526. The van der Waals surface area contributed by atoms with Crippen molar-refractivity contribution < 1.29 is 22.4 Å². The number of rotatable bonds is 3. The summed E-state index contributed by atoms with van der Waals surface area (Å²) < 4.78 is 53.7. The quantitative estimate of drug-likeness (QED) is 0.391. The van der Waals surface area contributed by atoms with Crippen LogP contribution in [0.3, 0.4) is 0 Å². The van der Waals surface area contributed by atoms with Crippen LogP contribution in [0.25, 0.3) is 16.8 Å². The maximum atomic E-state index is 13.1. The van der Waals surface area contributed by atoms with Gasteiger partial charge in [0.05, 0.1) is 17.3 Å². The predicted molar refractivity (Wildman–Crippen MR) is 100.0 cm³/mol. The van der Waals surface area contributed by atoms with E-state index < -0.39 is 29.4 Å². The van der Waals surface area contributed by atoms with Crippen molar-refractivity contribution in [3.05, 3.63) is 72.2 Å². The summed E-state index contributed by atoms with van der Waals surface area (Å²) in [6.45, 7) is 0. The fourth-order valence-corrected chi connectivity index (χ4v) is 2.78. The molecule has 0 saturated heterocycles. The molecule has 152 valence electrons. The van der Waals surface area contributed by atoms with Gasteiger partial charge in [-0.05, 0) is 30.3 Å². The van der Waals surface area contributed by atoms with Gasteiger partial charge >= 0.3 is 6.18 Å². The van der Waals surface area contributed by atoms with Crippen molar-refractivity contribution in [2.24, 2.45) is 0 Å². The summed E-state index contributed by atoms with van der Waals surface area (Å²) in [4.78, 5) is 23.5. The van der Waals surface area contributed by atoms with E-state index in [1.807, 2.05) is 0 Å². The van der Waals surface area contributed by atoms with E-state index in [4.69, 9.17) is 5.73 Å². The molecule has 0 atom stereocenters. The Labute approximate surface area is 166 Å². The summed E-state index contributed by atoms with van der Waals surface area (Å²) in [5, 5.41) is 2.55. The van der Waals surface area contributed by atoms with E-state index in [1.54, 1.807) is 18.3 Å². The summed E-state index contributed by atoms with van der Waals surface area (Å²) in [5.74, 6) is -1.65. The molecule has 0 radical (unpaired) electrons. The molecule has 0 aliphatic rings. The molecule has 0 aromatic carbocycles. The van der Waals surface area contributed by atoms with Gasteiger partial charge in [0.25, 0.3) is 5.91 Å².